The van der Waals surface area contributed by atoms with E-state index in [0.29, 0.717) is 31.9 Å². The maximum absolute atomic E-state index is 13.5. The second-order valence-corrected chi connectivity index (χ2v) is 10.6. The van der Waals surface area contributed by atoms with Crippen LogP contribution < -0.4 is 4.74 Å². The number of carbonyl (C=O) groups excluding carboxylic acids is 1. The van der Waals surface area contributed by atoms with E-state index in [0.717, 1.165) is 53.4 Å². The summed E-state index contributed by atoms with van der Waals surface area (Å²) in [6.07, 6.45) is 3.30. The highest BCUT2D eigenvalue weighted by molar-refractivity contribution is 7.09. The number of hydrogen-bond acceptors (Lipinski definition) is 5. The van der Waals surface area contributed by atoms with Gasteiger partial charge in [0.2, 0.25) is 0 Å². The Kier molecular flexibility index (Phi) is 8.78. The molecule has 196 valence electrons. The molecule has 0 atom stereocenters. The number of nitrogens with zero attached hydrogens (tertiary/aromatic N) is 3. The summed E-state index contributed by atoms with van der Waals surface area (Å²) in [5.41, 5.74) is 3.83. The first-order valence-electron chi connectivity index (χ1n) is 13.1. The van der Waals surface area contributed by atoms with Crippen molar-refractivity contribution >= 4 is 17.2 Å². The largest absolute Gasteiger partial charge is 0.489 e. The summed E-state index contributed by atoms with van der Waals surface area (Å²) >= 11 is 1.52. The minimum absolute atomic E-state index is 0.0309. The van der Waals surface area contributed by atoms with Crippen molar-refractivity contribution in [2.24, 2.45) is 0 Å². The zero-order chi connectivity index (χ0) is 26.2. The molecule has 0 aliphatic carbocycles. The minimum Gasteiger partial charge on any atom is -0.489 e. The van der Waals surface area contributed by atoms with Crippen LogP contribution >= 0.6 is 11.3 Å². The van der Waals surface area contributed by atoms with Crippen LogP contribution in [0.2, 0.25) is 0 Å². The predicted molar refractivity (Wildman–Crippen MR) is 148 cm³/mol. The van der Waals surface area contributed by atoms with Crippen LogP contribution in [0.1, 0.15) is 51.4 Å². The van der Waals surface area contributed by atoms with E-state index in [-0.39, 0.29) is 11.7 Å². The van der Waals surface area contributed by atoms with E-state index in [2.05, 4.69) is 17.0 Å². The molecule has 0 spiro atoms. The average Bonchev–Trinajstić information content (AvgIpc) is 3.43. The summed E-state index contributed by atoms with van der Waals surface area (Å²) in [6, 6.07) is 24.9. The molecular formula is C31H32FN3O2S. The number of thiazole rings is 1. The maximum Gasteiger partial charge on any atom is 0.273 e. The van der Waals surface area contributed by atoms with E-state index in [4.69, 9.17) is 9.72 Å². The van der Waals surface area contributed by atoms with Crippen molar-refractivity contribution in [3.8, 4) is 5.75 Å². The Morgan fingerprint density at radius 3 is 2.18 bits per heavy atom. The van der Waals surface area contributed by atoms with E-state index in [1.807, 2.05) is 64.9 Å². The third kappa shape index (κ3) is 7.27. The fourth-order valence-electron chi connectivity index (χ4n) is 4.64. The van der Waals surface area contributed by atoms with Gasteiger partial charge in [0.1, 0.15) is 28.9 Å². The van der Waals surface area contributed by atoms with Gasteiger partial charge in [0, 0.05) is 31.6 Å². The smallest absolute Gasteiger partial charge is 0.273 e. The first kappa shape index (κ1) is 26.1. The highest BCUT2D eigenvalue weighted by atomic mass is 32.1. The molecular weight excluding hydrogens is 497 g/mol. The zero-order valence-electron chi connectivity index (χ0n) is 21.4. The molecule has 0 radical (unpaired) electrons. The van der Waals surface area contributed by atoms with Crippen molar-refractivity contribution in [1.29, 1.82) is 0 Å². The molecule has 38 heavy (non-hydrogen) atoms. The predicted octanol–water partition coefficient (Wildman–Crippen LogP) is 6.69. The van der Waals surface area contributed by atoms with Gasteiger partial charge in [0.05, 0.1) is 6.54 Å². The quantitative estimate of drug-likeness (QED) is 0.230. The molecule has 1 aliphatic heterocycles. The molecule has 1 fully saturated rings. The van der Waals surface area contributed by atoms with Crippen LogP contribution in [0.25, 0.3) is 0 Å². The van der Waals surface area contributed by atoms with Gasteiger partial charge in [-0.15, -0.1) is 11.3 Å². The van der Waals surface area contributed by atoms with E-state index in [9.17, 15) is 9.18 Å². The number of benzene rings is 3. The third-order valence-electron chi connectivity index (χ3n) is 6.67. The normalized spacial score (nSPS) is 13.6. The van der Waals surface area contributed by atoms with Crippen LogP contribution in [0.3, 0.4) is 0 Å². The minimum atomic E-state index is -0.243. The van der Waals surface area contributed by atoms with Gasteiger partial charge in [-0.3, -0.25) is 9.69 Å². The van der Waals surface area contributed by atoms with Gasteiger partial charge in [-0.25, -0.2) is 9.37 Å². The fourth-order valence-corrected chi connectivity index (χ4v) is 5.45. The molecule has 0 N–H and O–H groups in total. The monoisotopic (exact) mass is 529 g/mol. The van der Waals surface area contributed by atoms with Crippen molar-refractivity contribution in [2.45, 2.75) is 45.5 Å². The second kappa shape index (κ2) is 12.8. The van der Waals surface area contributed by atoms with Gasteiger partial charge >= 0.3 is 0 Å². The van der Waals surface area contributed by atoms with Crippen LogP contribution in [0.5, 0.6) is 5.75 Å². The molecule has 1 aromatic heterocycles. The summed E-state index contributed by atoms with van der Waals surface area (Å²) in [6.45, 7) is 4.08. The first-order chi connectivity index (χ1) is 18.6. The first-order valence-corrected chi connectivity index (χ1v) is 14.0. The van der Waals surface area contributed by atoms with E-state index < -0.39 is 0 Å². The van der Waals surface area contributed by atoms with Crippen LogP contribution in [0.4, 0.5) is 4.39 Å². The molecule has 1 saturated heterocycles. The van der Waals surface area contributed by atoms with Gasteiger partial charge in [-0.05, 0) is 60.2 Å². The molecule has 1 amide bonds. The highest BCUT2D eigenvalue weighted by Gasteiger charge is 2.21. The van der Waals surface area contributed by atoms with Crippen LogP contribution in [0.15, 0.2) is 84.2 Å². The fraction of sp³-hybridized carbons (Fsp3) is 0.290. The van der Waals surface area contributed by atoms with Crippen LogP contribution in [-0.2, 0) is 26.2 Å². The van der Waals surface area contributed by atoms with Gasteiger partial charge in [0.25, 0.3) is 5.91 Å². The molecule has 2 heterocycles. The van der Waals surface area contributed by atoms with E-state index in [1.54, 1.807) is 0 Å². The Morgan fingerprint density at radius 1 is 0.842 bits per heavy atom. The number of ether oxygens (including phenoxy) is 1. The third-order valence-corrected chi connectivity index (χ3v) is 7.50. The molecule has 5 nitrogen and oxygen atoms in total. The summed E-state index contributed by atoms with van der Waals surface area (Å²) in [5.74, 6) is 0.610. The van der Waals surface area contributed by atoms with Gasteiger partial charge in [-0.2, -0.15) is 0 Å². The molecule has 1 aliphatic rings. The molecule has 0 bridgehead atoms. The lowest BCUT2D eigenvalue weighted by atomic mass is 10.1. The Morgan fingerprint density at radius 2 is 1.50 bits per heavy atom. The Balaban J connectivity index is 1.25. The lowest BCUT2D eigenvalue weighted by Gasteiger charge is -2.25. The van der Waals surface area contributed by atoms with Gasteiger partial charge in [0.15, 0.2) is 0 Å². The number of piperidine rings is 1. The zero-order valence-corrected chi connectivity index (χ0v) is 22.2. The Labute approximate surface area is 227 Å². The number of likely N-dealkylation sites (tertiary alicyclic amines) is 1. The second-order valence-electron chi connectivity index (χ2n) is 9.67. The van der Waals surface area contributed by atoms with Crippen molar-refractivity contribution < 1.29 is 13.9 Å². The Hall–Kier alpha value is -3.55. The van der Waals surface area contributed by atoms with Crippen molar-refractivity contribution in [3.63, 3.8) is 0 Å². The Bertz CT molecular complexity index is 1300. The number of halogens is 1. The SMILES string of the molecule is O=C(c1csc(CN(Cc2ccc(F)cc2)Cc2ccc(OCc3ccccc3)cc2)n1)N1CCCCC1. The van der Waals surface area contributed by atoms with E-state index >= 15 is 0 Å². The maximum atomic E-state index is 13.5. The van der Waals surface area contributed by atoms with E-state index in [1.165, 1.54) is 29.9 Å². The van der Waals surface area contributed by atoms with Crippen molar-refractivity contribution in [2.75, 3.05) is 13.1 Å². The number of hydrogen-bond donors (Lipinski definition) is 0. The van der Waals surface area contributed by atoms with Gasteiger partial charge in [-0.1, -0.05) is 54.6 Å². The van der Waals surface area contributed by atoms with Crippen LogP contribution in [-0.4, -0.2) is 33.8 Å². The summed E-state index contributed by atoms with van der Waals surface area (Å²) in [4.78, 5) is 21.8. The molecule has 5 rings (SSSR count). The molecule has 4 aromatic rings. The number of carbonyl (C=O) groups is 1. The molecule has 7 heteroatoms. The number of aromatic nitrogens is 1. The lowest BCUT2D eigenvalue weighted by Crippen LogP contribution is -2.35. The topological polar surface area (TPSA) is 45.7 Å². The van der Waals surface area contributed by atoms with Gasteiger partial charge < -0.3 is 9.64 Å². The lowest BCUT2D eigenvalue weighted by molar-refractivity contribution is 0.0718. The summed E-state index contributed by atoms with van der Waals surface area (Å²) in [7, 11) is 0. The number of amides is 1. The standard InChI is InChI=1S/C31H32FN3O2S/c32-27-13-9-24(10-14-27)19-34(21-30-33-29(23-38-30)31(36)35-17-5-2-6-18-35)20-25-11-15-28(16-12-25)37-22-26-7-3-1-4-8-26/h1,3-4,7-16,23H,2,5-6,17-22H2. The average molecular weight is 530 g/mol. The summed E-state index contributed by atoms with van der Waals surface area (Å²) < 4.78 is 19.4. The highest BCUT2D eigenvalue weighted by Crippen LogP contribution is 2.21. The van der Waals surface area contributed by atoms with Crippen LogP contribution in [0, 0.1) is 5.82 Å². The molecule has 0 saturated carbocycles. The summed E-state index contributed by atoms with van der Waals surface area (Å²) in [5, 5.41) is 2.77. The molecule has 0 unspecified atom stereocenters. The van der Waals surface area contributed by atoms with Crippen molar-refractivity contribution in [3.05, 3.63) is 117 Å². The van der Waals surface area contributed by atoms with Crippen molar-refractivity contribution in [1.82, 2.24) is 14.8 Å². The molecule has 3 aromatic carbocycles. The number of rotatable bonds is 10.